The smallest absolute Gasteiger partial charge is 0.150 e. The van der Waals surface area contributed by atoms with Gasteiger partial charge in [-0.1, -0.05) is 35.9 Å². The first-order chi connectivity index (χ1) is 7.70. The zero-order valence-corrected chi connectivity index (χ0v) is 9.66. The van der Waals surface area contributed by atoms with E-state index in [0.29, 0.717) is 5.02 Å². The average Bonchev–Trinajstić information content (AvgIpc) is 2.29. The minimum Gasteiger partial charge on any atom is -0.298 e. The first-order valence-corrected chi connectivity index (χ1v) is 5.40. The molecule has 0 aliphatic rings. The van der Waals surface area contributed by atoms with Gasteiger partial charge in [0, 0.05) is 10.6 Å². The van der Waals surface area contributed by atoms with Crippen LogP contribution < -0.4 is 0 Å². The third-order valence-corrected chi connectivity index (χ3v) is 2.80. The molecule has 2 heteroatoms. The average molecular weight is 231 g/mol. The molecule has 80 valence electrons. The van der Waals surface area contributed by atoms with Crippen LogP contribution in [-0.4, -0.2) is 6.29 Å². The lowest BCUT2D eigenvalue weighted by atomic mass is 10.0. The highest BCUT2D eigenvalue weighted by atomic mass is 35.5. The molecule has 0 unspecified atom stereocenters. The van der Waals surface area contributed by atoms with E-state index in [1.54, 1.807) is 0 Å². The van der Waals surface area contributed by atoms with Crippen molar-refractivity contribution >= 4 is 17.9 Å². The summed E-state index contributed by atoms with van der Waals surface area (Å²) in [6.07, 6.45) is 0.878. The van der Waals surface area contributed by atoms with Gasteiger partial charge in [-0.15, -0.1) is 0 Å². The highest BCUT2D eigenvalue weighted by Gasteiger charge is 2.02. The predicted molar refractivity (Wildman–Crippen MR) is 67.0 cm³/mol. The summed E-state index contributed by atoms with van der Waals surface area (Å²) in [5.41, 5.74) is 3.74. The molecule has 0 fully saturated rings. The number of hydrogen-bond donors (Lipinski definition) is 0. The first kappa shape index (κ1) is 10.9. The van der Waals surface area contributed by atoms with Gasteiger partial charge in [0.2, 0.25) is 0 Å². The number of benzene rings is 2. The third-order valence-electron chi connectivity index (χ3n) is 2.56. The van der Waals surface area contributed by atoms with Crippen molar-refractivity contribution < 1.29 is 4.79 Å². The van der Waals surface area contributed by atoms with Gasteiger partial charge in [0.15, 0.2) is 0 Å². The number of carbonyl (C=O) groups is 1. The molecule has 16 heavy (non-hydrogen) atoms. The second-order valence-corrected chi connectivity index (χ2v) is 4.14. The van der Waals surface area contributed by atoms with Gasteiger partial charge >= 0.3 is 0 Å². The van der Waals surface area contributed by atoms with E-state index in [0.717, 1.165) is 28.5 Å². The summed E-state index contributed by atoms with van der Waals surface area (Å²) in [5, 5.41) is 0.700. The van der Waals surface area contributed by atoms with E-state index in [-0.39, 0.29) is 0 Å². The van der Waals surface area contributed by atoms with Crippen LogP contribution in [0.4, 0.5) is 0 Å². The van der Waals surface area contributed by atoms with Crippen LogP contribution in [0, 0.1) is 6.92 Å². The van der Waals surface area contributed by atoms with Crippen molar-refractivity contribution in [3.63, 3.8) is 0 Å². The number of hydrogen-bond acceptors (Lipinski definition) is 1. The van der Waals surface area contributed by atoms with Crippen LogP contribution >= 0.6 is 11.6 Å². The van der Waals surface area contributed by atoms with E-state index in [1.807, 2.05) is 49.4 Å². The molecule has 0 aliphatic heterocycles. The number of rotatable bonds is 2. The normalized spacial score (nSPS) is 10.1. The van der Waals surface area contributed by atoms with Gasteiger partial charge in [-0.05, 0) is 41.8 Å². The van der Waals surface area contributed by atoms with Crippen LogP contribution in [0.2, 0.25) is 5.02 Å². The van der Waals surface area contributed by atoms with E-state index in [1.165, 1.54) is 0 Å². The Balaban J connectivity index is 2.52. The number of aldehydes is 1. The Morgan fingerprint density at radius 2 is 1.81 bits per heavy atom. The summed E-state index contributed by atoms with van der Waals surface area (Å²) in [7, 11) is 0. The Labute approximate surface area is 99.7 Å². The Hall–Kier alpha value is -1.60. The van der Waals surface area contributed by atoms with Crippen molar-refractivity contribution in [2.24, 2.45) is 0 Å². The fourth-order valence-electron chi connectivity index (χ4n) is 1.62. The van der Waals surface area contributed by atoms with Crippen LogP contribution in [0.25, 0.3) is 11.1 Å². The fraction of sp³-hybridized carbons (Fsp3) is 0.0714. The Morgan fingerprint density at radius 3 is 2.50 bits per heavy atom. The standard InChI is InChI=1S/C14H11ClO/c1-10-5-6-12(7-13(10)9-16)11-3-2-4-14(15)8-11/h2-9H,1H3. The van der Waals surface area contributed by atoms with Crippen molar-refractivity contribution in [3.8, 4) is 11.1 Å². The topological polar surface area (TPSA) is 17.1 Å². The Bertz CT molecular complexity index is 532. The molecule has 0 aliphatic carbocycles. The molecule has 0 saturated carbocycles. The van der Waals surface area contributed by atoms with Crippen LogP contribution in [-0.2, 0) is 0 Å². The van der Waals surface area contributed by atoms with Gasteiger partial charge in [0.1, 0.15) is 6.29 Å². The molecule has 0 radical (unpaired) electrons. The quantitative estimate of drug-likeness (QED) is 0.709. The molecule has 1 nitrogen and oxygen atoms in total. The lowest BCUT2D eigenvalue weighted by molar-refractivity contribution is 0.112. The molecule has 0 heterocycles. The second kappa shape index (κ2) is 4.50. The summed E-state index contributed by atoms with van der Waals surface area (Å²) >= 11 is 5.93. The molecule has 0 aromatic heterocycles. The SMILES string of the molecule is Cc1ccc(-c2cccc(Cl)c2)cc1C=O. The van der Waals surface area contributed by atoms with E-state index < -0.39 is 0 Å². The Morgan fingerprint density at radius 1 is 1.06 bits per heavy atom. The summed E-state index contributed by atoms with van der Waals surface area (Å²) in [4.78, 5) is 10.9. The maximum absolute atomic E-state index is 10.9. The van der Waals surface area contributed by atoms with Gasteiger partial charge in [-0.3, -0.25) is 4.79 Å². The summed E-state index contributed by atoms with van der Waals surface area (Å²) in [6.45, 7) is 1.92. The van der Waals surface area contributed by atoms with E-state index in [2.05, 4.69) is 0 Å². The van der Waals surface area contributed by atoms with Gasteiger partial charge < -0.3 is 0 Å². The van der Waals surface area contributed by atoms with Crippen molar-refractivity contribution in [2.45, 2.75) is 6.92 Å². The van der Waals surface area contributed by atoms with Crippen LogP contribution in [0.1, 0.15) is 15.9 Å². The van der Waals surface area contributed by atoms with Crippen molar-refractivity contribution in [1.82, 2.24) is 0 Å². The molecular weight excluding hydrogens is 220 g/mol. The van der Waals surface area contributed by atoms with E-state index in [4.69, 9.17) is 11.6 Å². The molecular formula is C14H11ClO. The zero-order chi connectivity index (χ0) is 11.5. The first-order valence-electron chi connectivity index (χ1n) is 5.02. The molecule has 0 amide bonds. The molecule has 0 saturated heterocycles. The zero-order valence-electron chi connectivity index (χ0n) is 8.91. The van der Waals surface area contributed by atoms with Gasteiger partial charge in [-0.25, -0.2) is 0 Å². The van der Waals surface area contributed by atoms with Gasteiger partial charge in [0.25, 0.3) is 0 Å². The molecule has 2 aromatic rings. The minimum atomic E-state index is 0.700. The largest absolute Gasteiger partial charge is 0.298 e. The monoisotopic (exact) mass is 230 g/mol. The minimum absolute atomic E-state index is 0.700. The third kappa shape index (κ3) is 2.15. The highest BCUT2D eigenvalue weighted by Crippen LogP contribution is 2.24. The lowest BCUT2D eigenvalue weighted by Crippen LogP contribution is -1.87. The van der Waals surface area contributed by atoms with Gasteiger partial charge in [-0.2, -0.15) is 0 Å². The summed E-state index contributed by atoms with van der Waals surface area (Å²) < 4.78 is 0. The molecule has 0 spiro atoms. The summed E-state index contributed by atoms with van der Waals surface area (Å²) in [6, 6.07) is 13.4. The molecule has 2 rings (SSSR count). The number of carbonyl (C=O) groups excluding carboxylic acids is 1. The molecule has 0 N–H and O–H groups in total. The number of aryl methyl sites for hydroxylation is 1. The van der Waals surface area contributed by atoms with Crippen LogP contribution in [0.15, 0.2) is 42.5 Å². The highest BCUT2D eigenvalue weighted by molar-refractivity contribution is 6.30. The summed E-state index contributed by atoms with van der Waals surface area (Å²) in [5.74, 6) is 0. The maximum Gasteiger partial charge on any atom is 0.150 e. The van der Waals surface area contributed by atoms with Crippen LogP contribution in [0.3, 0.4) is 0 Å². The fourth-order valence-corrected chi connectivity index (χ4v) is 1.81. The predicted octanol–water partition coefficient (Wildman–Crippen LogP) is 4.13. The molecule has 0 atom stereocenters. The second-order valence-electron chi connectivity index (χ2n) is 3.70. The van der Waals surface area contributed by atoms with Crippen molar-refractivity contribution in [3.05, 3.63) is 58.6 Å². The van der Waals surface area contributed by atoms with Crippen molar-refractivity contribution in [2.75, 3.05) is 0 Å². The molecule has 0 bridgehead atoms. The Kier molecular flexibility index (Phi) is 3.07. The van der Waals surface area contributed by atoms with E-state index >= 15 is 0 Å². The van der Waals surface area contributed by atoms with Gasteiger partial charge in [0.05, 0.1) is 0 Å². The van der Waals surface area contributed by atoms with Crippen molar-refractivity contribution in [1.29, 1.82) is 0 Å². The number of halogens is 1. The maximum atomic E-state index is 10.9. The van der Waals surface area contributed by atoms with E-state index in [9.17, 15) is 4.79 Å². The molecule has 2 aromatic carbocycles. The van der Waals surface area contributed by atoms with Crippen LogP contribution in [0.5, 0.6) is 0 Å². The lowest BCUT2D eigenvalue weighted by Gasteiger charge is -2.05.